The summed E-state index contributed by atoms with van der Waals surface area (Å²) >= 11 is 18.0. The zero-order valence-corrected chi connectivity index (χ0v) is 34.3. The number of carbonyl (C=O) groups excluding carboxylic acids is 4. The minimum absolute atomic E-state index is 0.0806. The van der Waals surface area contributed by atoms with Crippen molar-refractivity contribution < 1.29 is 61.1 Å². The Kier molecular flexibility index (Phi) is 15.6. The number of carboxylic acids is 1. The third kappa shape index (κ3) is 12.4. The van der Waals surface area contributed by atoms with E-state index in [1.165, 1.54) is 35.4 Å². The van der Waals surface area contributed by atoms with E-state index in [-0.39, 0.29) is 44.9 Å². The molecular weight excluding hydrogens is 852 g/mol. The molecule has 0 unspecified atom stereocenters. The Hall–Kier alpha value is -4.19. The van der Waals surface area contributed by atoms with Gasteiger partial charge in [0.15, 0.2) is 21.4 Å². The van der Waals surface area contributed by atoms with E-state index in [1.807, 2.05) is 0 Å². The molecule has 1 saturated carbocycles. The van der Waals surface area contributed by atoms with Gasteiger partial charge < -0.3 is 24.2 Å². The standard InChI is InChI=1S/C19H17Cl2NO4.C14H12ClNO4S.C3H8NO5P/c1-2-26-19(25)16(21)10-11-9-12(7-8-15(11)20)22-17(23)13-5-3-4-6-14(13)18(22)24;1-21(18,19)12-6-9(15)4-5-10(12)13(17)11-7-16-20-14(11)8-2-3-8;5-3(6)1-4-2-10(7,8)9/h7-10H,2-6H2,1H3;4-8H,2-3H2,1H3;4H,1-2H2,(H,5,6)(H2,7,8,9)/b16-10-;;. The van der Waals surface area contributed by atoms with Gasteiger partial charge in [-0.2, -0.15) is 0 Å². The fourth-order valence-electron chi connectivity index (χ4n) is 5.65. The number of carbonyl (C=O) groups is 5. The van der Waals surface area contributed by atoms with Crippen LogP contribution in [0.1, 0.15) is 78.6 Å². The molecule has 1 aliphatic heterocycles. The Morgan fingerprint density at radius 2 is 1.67 bits per heavy atom. The summed E-state index contributed by atoms with van der Waals surface area (Å²) in [6.07, 6.45) is 8.15. The molecule has 3 aliphatic rings. The number of amides is 2. The molecule has 2 aromatic carbocycles. The van der Waals surface area contributed by atoms with Crippen molar-refractivity contribution >= 4 is 93.5 Å². The van der Waals surface area contributed by atoms with Gasteiger partial charge in [0.05, 0.1) is 41.8 Å². The number of nitrogens with one attached hydrogen (secondary N) is 1. The first-order chi connectivity index (χ1) is 26.7. The van der Waals surface area contributed by atoms with Gasteiger partial charge in [0.2, 0.25) is 0 Å². The number of halogens is 3. The number of carboxylic acid groups (broad SMARTS) is 1. The quantitative estimate of drug-likeness (QED) is 0.0547. The number of benzene rings is 2. The highest BCUT2D eigenvalue weighted by Gasteiger charge is 2.40. The molecule has 1 aromatic heterocycles. The van der Waals surface area contributed by atoms with Crippen LogP contribution in [-0.2, 0) is 38.3 Å². The second kappa shape index (κ2) is 19.5. The molecule has 0 radical (unpaired) electrons. The van der Waals surface area contributed by atoms with Crippen LogP contribution < -0.4 is 10.2 Å². The van der Waals surface area contributed by atoms with Crippen LogP contribution in [0.2, 0.25) is 10.0 Å². The van der Waals surface area contributed by atoms with Crippen molar-refractivity contribution in [2.45, 2.75) is 56.3 Å². The van der Waals surface area contributed by atoms with Gasteiger partial charge in [-0.05, 0) is 93.5 Å². The normalized spacial score (nSPS) is 15.6. The second-order valence-corrected chi connectivity index (χ2v) is 17.7. The number of esters is 1. The number of hydrogen-bond acceptors (Lipinski definition) is 12. The van der Waals surface area contributed by atoms with Crippen LogP contribution in [-0.4, -0.2) is 83.7 Å². The highest BCUT2D eigenvalue weighted by molar-refractivity contribution is 7.90. The molecule has 1 fully saturated rings. The number of aliphatic carboxylic acids is 1. The maximum atomic E-state index is 12.7. The molecule has 0 atom stereocenters. The smallest absolute Gasteiger partial charge is 0.349 e. The van der Waals surface area contributed by atoms with Crippen LogP contribution in [0.3, 0.4) is 0 Å². The molecule has 4 N–H and O–H groups in total. The first-order valence-electron chi connectivity index (χ1n) is 17.1. The van der Waals surface area contributed by atoms with Crippen molar-refractivity contribution in [3.8, 4) is 0 Å². The van der Waals surface area contributed by atoms with Gasteiger partial charge in [-0.15, -0.1) is 0 Å². The summed E-state index contributed by atoms with van der Waals surface area (Å²) in [7, 11) is -7.66. The molecule has 3 aromatic rings. The van der Waals surface area contributed by atoms with E-state index in [2.05, 4.69) is 10.5 Å². The van der Waals surface area contributed by atoms with E-state index < -0.39 is 48.0 Å². The summed E-state index contributed by atoms with van der Waals surface area (Å²) in [4.78, 5) is 76.9. The van der Waals surface area contributed by atoms with E-state index in [4.69, 9.17) is 59.0 Å². The van der Waals surface area contributed by atoms with E-state index >= 15 is 0 Å². The molecule has 0 bridgehead atoms. The number of imide groups is 1. The lowest BCUT2D eigenvalue weighted by Crippen LogP contribution is -2.31. The van der Waals surface area contributed by atoms with Crippen molar-refractivity contribution in [2.24, 2.45) is 0 Å². The second-order valence-electron chi connectivity index (χ2n) is 12.8. The third-order valence-electron chi connectivity index (χ3n) is 8.35. The van der Waals surface area contributed by atoms with Crippen LogP contribution in [0.25, 0.3) is 6.08 Å². The van der Waals surface area contributed by atoms with Crippen LogP contribution in [0.4, 0.5) is 5.69 Å². The topological polar surface area (TPSA) is 248 Å². The minimum Gasteiger partial charge on any atom is -0.480 e. The van der Waals surface area contributed by atoms with Gasteiger partial charge >= 0.3 is 19.5 Å². The third-order valence-corrected chi connectivity index (χ3v) is 11.0. The van der Waals surface area contributed by atoms with Crippen LogP contribution >= 0.6 is 42.4 Å². The highest BCUT2D eigenvalue weighted by atomic mass is 35.5. The molecule has 21 heteroatoms. The monoisotopic (exact) mass is 887 g/mol. The summed E-state index contributed by atoms with van der Waals surface area (Å²) in [5, 5.41) is 14.2. The maximum absolute atomic E-state index is 12.7. The summed E-state index contributed by atoms with van der Waals surface area (Å²) in [5.74, 6) is -2.03. The van der Waals surface area contributed by atoms with E-state index in [1.54, 1.807) is 25.1 Å². The molecule has 2 aliphatic carbocycles. The predicted molar refractivity (Wildman–Crippen MR) is 209 cm³/mol. The van der Waals surface area contributed by atoms with Gasteiger partial charge in [0, 0.05) is 38.9 Å². The van der Waals surface area contributed by atoms with E-state index in [9.17, 15) is 37.0 Å². The Morgan fingerprint density at radius 1 is 1.04 bits per heavy atom. The lowest BCUT2D eigenvalue weighted by molar-refractivity contribution is -0.138. The van der Waals surface area contributed by atoms with E-state index in [0.29, 0.717) is 51.6 Å². The zero-order chi connectivity index (χ0) is 42.2. The number of ketones is 1. The number of rotatable bonds is 12. The van der Waals surface area contributed by atoms with E-state index in [0.717, 1.165) is 31.9 Å². The van der Waals surface area contributed by atoms with Crippen molar-refractivity contribution in [1.29, 1.82) is 0 Å². The first kappa shape index (κ1) is 45.5. The first-order valence-corrected chi connectivity index (χ1v) is 22.0. The Morgan fingerprint density at radius 3 is 2.21 bits per heavy atom. The van der Waals surface area contributed by atoms with Crippen molar-refractivity contribution in [3.63, 3.8) is 0 Å². The van der Waals surface area contributed by atoms with Crippen molar-refractivity contribution in [2.75, 3.05) is 30.6 Å². The molecule has 2 heterocycles. The fourth-order valence-corrected chi connectivity index (χ4v) is 7.54. The number of hydrogen-bond donors (Lipinski definition) is 4. The van der Waals surface area contributed by atoms with Crippen molar-refractivity contribution in [3.05, 3.63) is 91.3 Å². The lowest BCUT2D eigenvalue weighted by Gasteiger charge is -2.16. The SMILES string of the molecule is CCOC(=O)/C(Cl)=C/c1cc(N2C(=O)C3=C(CCCC3)C2=O)ccc1Cl.CS(=O)(=O)c1cc(Cl)ccc1C(=O)c1cnoc1C1CC1.O=C(O)CNCP(=O)(O)O. The lowest BCUT2D eigenvalue weighted by atomic mass is 9.93. The van der Waals surface area contributed by atoms with Crippen molar-refractivity contribution in [1.82, 2.24) is 10.5 Å². The molecule has 0 saturated heterocycles. The Balaban J connectivity index is 0.000000208. The molecule has 16 nitrogen and oxygen atoms in total. The molecule has 6 rings (SSSR count). The number of aromatic nitrogens is 1. The van der Waals surface area contributed by atoms with Gasteiger partial charge in [-0.25, -0.2) is 18.1 Å². The van der Waals surface area contributed by atoms with Gasteiger partial charge in [0.1, 0.15) is 5.03 Å². The molecule has 0 spiro atoms. The highest BCUT2D eigenvalue weighted by Crippen LogP contribution is 2.42. The number of nitrogens with zero attached hydrogens (tertiary/aromatic N) is 2. The average molecular weight is 889 g/mol. The van der Waals surface area contributed by atoms with Gasteiger partial charge in [-0.3, -0.25) is 29.1 Å². The number of ether oxygens (including phenoxy) is 1. The Labute approximate surface area is 341 Å². The predicted octanol–water partition coefficient (Wildman–Crippen LogP) is 5.86. The van der Waals surface area contributed by atoms with Gasteiger partial charge in [0.25, 0.3) is 11.8 Å². The Bertz CT molecular complexity index is 2270. The fraction of sp³-hybridized carbons (Fsp3) is 0.333. The summed E-state index contributed by atoms with van der Waals surface area (Å²) in [5.41, 5.74) is 2.46. The summed E-state index contributed by atoms with van der Waals surface area (Å²) in [6.45, 7) is 1.44. The van der Waals surface area contributed by atoms with Crippen LogP contribution in [0.5, 0.6) is 0 Å². The van der Waals surface area contributed by atoms with Gasteiger partial charge in [-0.1, -0.05) is 40.0 Å². The maximum Gasteiger partial charge on any atom is 0.349 e. The zero-order valence-electron chi connectivity index (χ0n) is 30.4. The molecular formula is C36H37Cl3N3O13PS. The number of anilines is 1. The summed E-state index contributed by atoms with van der Waals surface area (Å²) < 4.78 is 43.7. The summed E-state index contributed by atoms with van der Waals surface area (Å²) in [6, 6.07) is 8.94. The van der Waals surface area contributed by atoms with Crippen LogP contribution in [0, 0.1) is 0 Å². The average Bonchev–Trinajstić information content (AvgIpc) is 3.80. The minimum atomic E-state index is -4.10. The molecule has 2 amide bonds. The van der Waals surface area contributed by atoms with Crippen LogP contribution in [0.15, 0.2) is 68.2 Å². The number of sulfone groups is 1. The molecule has 306 valence electrons. The molecule has 57 heavy (non-hydrogen) atoms. The largest absolute Gasteiger partial charge is 0.480 e.